The van der Waals surface area contributed by atoms with Crippen LogP contribution in [0.3, 0.4) is 0 Å². The van der Waals surface area contributed by atoms with Crippen molar-refractivity contribution in [3.05, 3.63) is 95.4 Å². The summed E-state index contributed by atoms with van der Waals surface area (Å²) < 4.78 is 26.1. The van der Waals surface area contributed by atoms with E-state index in [2.05, 4.69) is 15.6 Å². The van der Waals surface area contributed by atoms with Crippen LogP contribution in [-0.2, 0) is 13.2 Å². The second-order valence-electron chi connectivity index (χ2n) is 6.65. The molecule has 2 aromatic carbocycles. The van der Waals surface area contributed by atoms with Crippen molar-refractivity contribution in [1.29, 1.82) is 0 Å². The van der Waals surface area contributed by atoms with Gasteiger partial charge in [0, 0.05) is 6.20 Å². The van der Waals surface area contributed by atoms with Crippen molar-refractivity contribution < 1.29 is 18.4 Å². The first-order chi connectivity index (χ1) is 14.6. The van der Waals surface area contributed by atoms with Crippen LogP contribution in [0.15, 0.2) is 71.5 Å². The van der Waals surface area contributed by atoms with Gasteiger partial charge in [-0.25, -0.2) is 4.39 Å². The molecule has 0 spiro atoms. The summed E-state index contributed by atoms with van der Waals surface area (Å²) in [6.07, 6.45) is 3.29. The fourth-order valence-corrected chi connectivity index (χ4v) is 2.93. The first-order valence-corrected chi connectivity index (χ1v) is 9.30. The quantitative estimate of drug-likeness (QED) is 0.497. The van der Waals surface area contributed by atoms with Gasteiger partial charge in [-0.1, -0.05) is 47.6 Å². The Morgan fingerprint density at radius 1 is 1.17 bits per heavy atom. The Hall–Kier alpha value is -3.94. The smallest absolute Gasteiger partial charge is 0.278 e. The molecule has 0 aliphatic rings. The Balaban J connectivity index is 1.44. The molecule has 1 N–H and O–H groups in total. The summed E-state index contributed by atoms with van der Waals surface area (Å²) in [6, 6.07) is 15.9. The Bertz CT molecular complexity index is 1150. The highest BCUT2D eigenvalue weighted by molar-refractivity contribution is 6.03. The number of para-hydroxylation sites is 1. The minimum atomic E-state index is -0.483. The zero-order valence-corrected chi connectivity index (χ0v) is 16.2. The van der Waals surface area contributed by atoms with Crippen molar-refractivity contribution in [2.45, 2.75) is 20.1 Å². The molecule has 7 nitrogen and oxygen atoms in total. The Morgan fingerprint density at radius 3 is 2.73 bits per heavy atom. The molecule has 0 atom stereocenters. The van der Waals surface area contributed by atoms with Crippen molar-refractivity contribution in [3.8, 4) is 5.75 Å². The summed E-state index contributed by atoms with van der Waals surface area (Å²) >= 11 is 0. The molecule has 2 aromatic heterocycles. The van der Waals surface area contributed by atoms with Crippen molar-refractivity contribution >= 4 is 11.6 Å². The Kier molecular flexibility index (Phi) is 5.56. The zero-order chi connectivity index (χ0) is 20.9. The first kappa shape index (κ1) is 19.4. The molecular formula is C22H19FN4O3. The molecule has 0 aliphatic carbocycles. The van der Waals surface area contributed by atoms with E-state index in [1.165, 1.54) is 12.1 Å². The number of nitrogens with zero attached hydrogens (tertiary/aromatic N) is 3. The fraction of sp³-hybridized carbons (Fsp3) is 0.136. The number of aromatic nitrogens is 3. The lowest BCUT2D eigenvalue weighted by molar-refractivity contribution is 0.101. The fourth-order valence-electron chi connectivity index (χ4n) is 2.93. The zero-order valence-electron chi connectivity index (χ0n) is 16.2. The molecule has 0 bridgehead atoms. The Morgan fingerprint density at radius 2 is 1.93 bits per heavy atom. The molecule has 4 rings (SSSR count). The number of ether oxygens (including phenoxy) is 1. The molecule has 0 aliphatic heterocycles. The predicted octanol–water partition coefficient (Wildman–Crippen LogP) is 4.20. The number of amides is 1. The van der Waals surface area contributed by atoms with Gasteiger partial charge in [-0.3, -0.25) is 9.48 Å². The van der Waals surface area contributed by atoms with E-state index in [9.17, 15) is 9.18 Å². The van der Waals surface area contributed by atoms with E-state index < -0.39 is 11.7 Å². The average molecular weight is 406 g/mol. The van der Waals surface area contributed by atoms with Crippen LogP contribution in [-0.4, -0.2) is 20.8 Å². The van der Waals surface area contributed by atoms with Gasteiger partial charge in [-0.15, -0.1) is 0 Å². The second kappa shape index (κ2) is 8.60. The Labute approximate surface area is 172 Å². The molecular weight excluding hydrogens is 387 g/mol. The molecule has 8 heteroatoms. The van der Waals surface area contributed by atoms with Crippen LogP contribution < -0.4 is 10.1 Å². The number of hydrogen-bond donors (Lipinski definition) is 1. The highest BCUT2D eigenvalue weighted by atomic mass is 19.1. The monoisotopic (exact) mass is 406 g/mol. The van der Waals surface area contributed by atoms with E-state index in [4.69, 9.17) is 9.26 Å². The van der Waals surface area contributed by atoms with Crippen LogP contribution in [0.4, 0.5) is 10.1 Å². The summed E-state index contributed by atoms with van der Waals surface area (Å²) in [6.45, 7) is 2.20. The molecule has 0 radical (unpaired) electrons. The molecule has 0 unspecified atom stereocenters. The SMILES string of the molecule is Cc1onc(C(=O)Nc2cnn(Cc3ccccc3)c2)c1COc1ccccc1F. The molecule has 0 fully saturated rings. The summed E-state index contributed by atoms with van der Waals surface area (Å²) in [5.41, 5.74) is 2.16. The topological polar surface area (TPSA) is 82.2 Å². The normalized spacial score (nSPS) is 10.7. The van der Waals surface area contributed by atoms with E-state index in [0.717, 1.165) is 5.56 Å². The molecule has 30 heavy (non-hydrogen) atoms. The van der Waals surface area contributed by atoms with Gasteiger partial charge in [0.05, 0.1) is 24.0 Å². The van der Waals surface area contributed by atoms with Gasteiger partial charge in [0.2, 0.25) is 0 Å². The molecule has 4 aromatic rings. The van der Waals surface area contributed by atoms with E-state index in [0.29, 0.717) is 23.6 Å². The average Bonchev–Trinajstić information content (AvgIpc) is 3.34. The van der Waals surface area contributed by atoms with Gasteiger partial charge in [-0.2, -0.15) is 5.10 Å². The maximum Gasteiger partial charge on any atom is 0.278 e. The van der Waals surface area contributed by atoms with Crippen LogP contribution >= 0.6 is 0 Å². The summed E-state index contributed by atoms with van der Waals surface area (Å²) in [4.78, 5) is 12.7. The van der Waals surface area contributed by atoms with Crippen molar-refractivity contribution in [2.24, 2.45) is 0 Å². The number of hydrogen-bond acceptors (Lipinski definition) is 5. The molecule has 0 saturated heterocycles. The van der Waals surface area contributed by atoms with Crippen molar-refractivity contribution in [2.75, 3.05) is 5.32 Å². The lowest BCUT2D eigenvalue weighted by atomic mass is 10.2. The number of halogens is 1. The first-order valence-electron chi connectivity index (χ1n) is 9.30. The summed E-state index contributed by atoms with van der Waals surface area (Å²) in [7, 11) is 0. The maximum absolute atomic E-state index is 13.8. The summed E-state index contributed by atoms with van der Waals surface area (Å²) in [5, 5.41) is 10.8. The van der Waals surface area contributed by atoms with E-state index in [1.807, 2.05) is 30.3 Å². The van der Waals surface area contributed by atoms with Crippen LogP contribution in [0.1, 0.15) is 27.4 Å². The molecule has 1 amide bonds. The minimum Gasteiger partial charge on any atom is -0.486 e. The number of carbonyl (C=O) groups is 1. The largest absolute Gasteiger partial charge is 0.486 e. The van der Waals surface area contributed by atoms with Crippen LogP contribution in [0.5, 0.6) is 5.75 Å². The van der Waals surface area contributed by atoms with Gasteiger partial charge in [0.25, 0.3) is 5.91 Å². The number of rotatable bonds is 7. The standard InChI is InChI=1S/C22H19FN4O3/c1-15-18(14-29-20-10-6-5-9-19(20)23)21(26-30-15)22(28)25-17-11-24-27(13-17)12-16-7-3-2-4-8-16/h2-11,13H,12,14H2,1H3,(H,25,28). The van der Waals surface area contributed by atoms with E-state index in [-0.39, 0.29) is 18.1 Å². The number of benzene rings is 2. The van der Waals surface area contributed by atoms with Gasteiger partial charge >= 0.3 is 0 Å². The van der Waals surface area contributed by atoms with E-state index >= 15 is 0 Å². The third-order valence-corrected chi connectivity index (χ3v) is 4.49. The number of aryl methyl sites for hydroxylation is 1. The lowest BCUT2D eigenvalue weighted by Gasteiger charge is -2.07. The molecule has 2 heterocycles. The van der Waals surface area contributed by atoms with Crippen LogP contribution in [0.25, 0.3) is 0 Å². The minimum absolute atomic E-state index is 0.0493. The van der Waals surface area contributed by atoms with Crippen molar-refractivity contribution in [1.82, 2.24) is 14.9 Å². The van der Waals surface area contributed by atoms with Gasteiger partial charge < -0.3 is 14.6 Å². The predicted molar refractivity (Wildman–Crippen MR) is 108 cm³/mol. The van der Waals surface area contributed by atoms with Crippen LogP contribution in [0, 0.1) is 12.7 Å². The lowest BCUT2D eigenvalue weighted by Crippen LogP contribution is -2.15. The number of carbonyl (C=O) groups excluding carboxylic acids is 1. The van der Waals surface area contributed by atoms with E-state index in [1.54, 1.807) is 36.1 Å². The van der Waals surface area contributed by atoms with Crippen molar-refractivity contribution in [3.63, 3.8) is 0 Å². The highest BCUT2D eigenvalue weighted by Crippen LogP contribution is 2.21. The molecule has 152 valence electrons. The third kappa shape index (κ3) is 4.38. The maximum atomic E-state index is 13.8. The van der Waals surface area contributed by atoms with Gasteiger partial charge in [0.15, 0.2) is 17.3 Å². The van der Waals surface area contributed by atoms with Crippen LogP contribution in [0.2, 0.25) is 0 Å². The van der Waals surface area contributed by atoms with Gasteiger partial charge in [0.1, 0.15) is 12.4 Å². The number of nitrogens with one attached hydrogen (secondary N) is 1. The number of anilines is 1. The molecule has 0 saturated carbocycles. The second-order valence-corrected chi connectivity index (χ2v) is 6.65. The highest BCUT2D eigenvalue weighted by Gasteiger charge is 2.21. The third-order valence-electron chi connectivity index (χ3n) is 4.49. The summed E-state index contributed by atoms with van der Waals surface area (Å²) in [5.74, 6) is -0.426. The van der Waals surface area contributed by atoms with Gasteiger partial charge in [-0.05, 0) is 24.6 Å².